The van der Waals surface area contributed by atoms with E-state index in [1.54, 1.807) is 13.0 Å². The van der Waals surface area contributed by atoms with E-state index in [0.717, 1.165) is 23.9 Å². The van der Waals surface area contributed by atoms with Gasteiger partial charge in [0.05, 0.1) is 22.5 Å². The largest absolute Gasteiger partial charge is 0.383 e. The Morgan fingerprint density at radius 3 is 2.72 bits per heavy atom. The number of nitrogen functional groups attached to an aromatic ring is 1. The average molecular weight is 413 g/mol. The molecule has 0 radical (unpaired) electrons. The Kier molecular flexibility index (Phi) is 6.17. The Morgan fingerprint density at radius 1 is 1.34 bits per heavy atom. The summed E-state index contributed by atoms with van der Waals surface area (Å²) < 4.78 is 1.82. The van der Waals surface area contributed by atoms with Crippen LogP contribution in [-0.2, 0) is 6.54 Å². The summed E-state index contributed by atoms with van der Waals surface area (Å²) in [6, 6.07) is 7.65. The lowest BCUT2D eigenvalue weighted by molar-refractivity contribution is 0.672. The molecule has 0 unspecified atom stereocenters. The maximum Gasteiger partial charge on any atom is 0.260 e. The molecule has 1 fully saturated rings. The van der Waals surface area contributed by atoms with E-state index >= 15 is 0 Å². The maximum absolute atomic E-state index is 13.1. The Morgan fingerprint density at radius 2 is 2.07 bits per heavy atom. The molecule has 2 aromatic heterocycles. The predicted molar refractivity (Wildman–Crippen MR) is 119 cm³/mol. The molecule has 0 spiro atoms. The van der Waals surface area contributed by atoms with Gasteiger partial charge >= 0.3 is 0 Å². The van der Waals surface area contributed by atoms with Gasteiger partial charge in [0.2, 0.25) is 0 Å². The first-order valence-electron chi connectivity index (χ1n) is 9.70. The fourth-order valence-electron chi connectivity index (χ4n) is 3.33. The number of pyridine rings is 1. The van der Waals surface area contributed by atoms with Gasteiger partial charge < -0.3 is 21.0 Å². The van der Waals surface area contributed by atoms with Crippen molar-refractivity contribution in [3.05, 3.63) is 57.2 Å². The van der Waals surface area contributed by atoms with Gasteiger partial charge in [-0.25, -0.2) is 9.97 Å². The molecule has 1 saturated carbocycles. The molecule has 0 aliphatic heterocycles. The van der Waals surface area contributed by atoms with Gasteiger partial charge in [-0.1, -0.05) is 37.6 Å². The van der Waals surface area contributed by atoms with Crippen LogP contribution >= 0.6 is 11.6 Å². The second-order valence-electron chi connectivity index (χ2n) is 6.71. The Labute approximate surface area is 174 Å². The van der Waals surface area contributed by atoms with Crippen LogP contribution in [0.5, 0.6) is 0 Å². The first-order valence-corrected chi connectivity index (χ1v) is 10.1. The number of anilines is 2. The van der Waals surface area contributed by atoms with E-state index in [1.165, 1.54) is 6.33 Å². The minimum absolute atomic E-state index is 0.0666. The zero-order valence-electron chi connectivity index (χ0n) is 16.8. The van der Waals surface area contributed by atoms with Gasteiger partial charge in [-0.15, -0.1) is 0 Å². The van der Waals surface area contributed by atoms with Gasteiger partial charge in [-0.3, -0.25) is 4.79 Å². The smallest absolute Gasteiger partial charge is 0.260 e. The summed E-state index contributed by atoms with van der Waals surface area (Å²) in [7, 11) is 0. The van der Waals surface area contributed by atoms with Crippen molar-refractivity contribution in [2.75, 3.05) is 11.1 Å². The SMILES string of the molecule is CC.CC(=N)c1c(N)ncnc1NCc1cc2cccc(Cl)c2c(=O)n1C1CC1. The van der Waals surface area contributed by atoms with Crippen LogP contribution in [0.15, 0.2) is 35.4 Å². The van der Waals surface area contributed by atoms with Crippen LogP contribution in [0.25, 0.3) is 10.8 Å². The predicted octanol–water partition coefficient (Wildman–Crippen LogP) is 4.39. The van der Waals surface area contributed by atoms with Crippen LogP contribution in [0.3, 0.4) is 0 Å². The molecule has 29 heavy (non-hydrogen) atoms. The number of rotatable bonds is 5. The monoisotopic (exact) mass is 412 g/mol. The molecule has 8 heteroatoms. The Balaban J connectivity index is 0.00000117. The van der Waals surface area contributed by atoms with Crippen molar-refractivity contribution in [2.45, 2.75) is 46.2 Å². The fourth-order valence-corrected chi connectivity index (χ4v) is 3.60. The molecule has 152 valence electrons. The number of hydrogen-bond acceptors (Lipinski definition) is 6. The molecule has 4 N–H and O–H groups in total. The molecular formula is C21H25ClN6O. The van der Waals surface area contributed by atoms with Crippen molar-refractivity contribution in [3.8, 4) is 0 Å². The van der Waals surface area contributed by atoms with E-state index in [2.05, 4.69) is 15.3 Å². The number of nitrogens with zero attached hydrogens (tertiary/aromatic N) is 3. The third-order valence-electron chi connectivity index (χ3n) is 4.71. The van der Waals surface area contributed by atoms with Crippen LogP contribution in [0.2, 0.25) is 5.02 Å². The van der Waals surface area contributed by atoms with Crippen molar-refractivity contribution >= 4 is 39.7 Å². The second kappa shape index (κ2) is 8.61. The third-order valence-corrected chi connectivity index (χ3v) is 5.03. The lowest BCUT2D eigenvalue weighted by Crippen LogP contribution is -2.25. The first-order chi connectivity index (χ1) is 14.0. The maximum atomic E-state index is 13.1. The molecule has 4 rings (SSSR count). The summed E-state index contributed by atoms with van der Waals surface area (Å²) in [5.41, 5.74) is 7.43. The molecule has 2 heterocycles. The van der Waals surface area contributed by atoms with Crippen molar-refractivity contribution in [1.29, 1.82) is 5.41 Å². The summed E-state index contributed by atoms with van der Waals surface area (Å²) in [6.07, 6.45) is 3.32. The highest BCUT2D eigenvalue weighted by Crippen LogP contribution is 2.36. The first kappa shape index (κ1) is 20.8. The topological polar surface area (TPSA) is 110 Å². The second-order valence-corrected chi connectivity index (χ2v) is 7.11. The van der Waals surface area contributed by atoms with Gasteiger partial charge in [0.25, 0.3) is 5.56 Å². The summed E-state index contributed by atoms with van der Waals surface area (Å²) >= 11 is 6.27. The molecule has 0 saturated heterocycles. The molecule has 1 aliphatic rings. The lowest BCUT2D eigenvalue weighted by atomic mass is 10.1. The standard InChI is InChI=1S/C19H19ClN6O.C2H6/c1-10(21)15-17(22)24-9-25-18(15)23-8-13-7-11-3-2-4-14(20)16(11)19(27)26(13)12-5-6-12;1-2/h2-4,7,9,12,21H,5-6,8H2,1H3,(H3,22,23,24,25);1-2H3. The van der Waals surface area contributed by atoms with Crippen LogP contribution in [0, 0.1) is 5.41 Å². The summed E-state index contributed by atoms with van der Waals surface area (Å²) in [5.74, 6) is 0.737. The van der Waals surface area contributed by atoms with Crippen LogP contribution < -0.4 is 16.6 Å². The molecule has 1 aliphatic carbocycles. The number of fused-ring (bicyclic) bond motifs is 1. The van der Waals surface area contributed by atoms with E-state index in [4.69, 9.17) is 22.7 Å². The Hall–Kier alpha value is -2.93. The number of nitrogens with two attached hydrogens (primary N) is 1. The number of hydrogen-bond donors (Lipinski definition) is 3. The van der Waals surface area contributed by atoms with E-state index in [0.29, 0.717) is 28.3 Å². The van der Waals surface area contributed by atoms with E-state index in [1.807, 2.05) is 36.6 Å². The molecular weight excluding hydrogens is 388 g/mol. The van der Waals surface area contributed by atoms with E-state index in [-0.39, 0.29) is 23.1 Å². The number of halogens is 1. The minimum Gasteiger partial charge on any atom is -0.383 e. The zero-order chi connectivity index (χ0) is 21.1. The van der Waals surface area contributed by atoms with Crippen molar-refractivity contribution < 1.29 is 0 Å². The van der Waals surface area contributed by atoms with E-state index in [9.17, 15) is 4.79 Å². The molecule has 1 aromatic carbocycles. The molecule has 3 aromatic rings. The highest BCUT2D eigenvalue weighted by atomic mass is 35.5. The third kappa shape index (κ3) is 4.10. The van der Waals surface area contributed by atoms with Gasteiger partial charge in [0.15, 0.2) is 0 Å². The fraction of sp³-hybridized carbons (Fsp3) is 0.333. The molecule has 0 atom stereocenters. The molecule has 0 bridgehead atoms. The summed E-state index contributed by atoms with van der Waals surface area (Å²) in [5, 5.41) is 13.0. The quantitative estimate of drug-likeness (QED) is 0.538. The normalized spacial score (nSPS) is 13.0. The Bertz CT molecular complexity index is 1120. The summed E-state index contributed by atoms with van der Waals surface area (Å²) in [4.78, 5) is 21.2. The number of nitrogens with one attached hydrogen (secondary N) is 2. The lowest BCUT2D eigenvalue weighted by Gasteiger charge is -2.17. The van der Waals surface area contributed by atoms with Gasteiger partial charge in [-0.05, 0) is 37.3 Å². The van der Waals surface area contributed by atoms with Gasteiger partial charge in [0.1, 0.15) is 18.0 Å². The van der Waals surface area contributed by atoms with E-state index < -0.39 is 0 Å². The number of benzene rings is 1. The van der Waals surface area contributed by atoms with Crippen molar-refractivity contribution in [3.63, 3.8) is 0 Å². The highest BCUT2D eigenvalue weighted by Gasteiger charge is 2.28. The van der Waals surface area contributed by atoms with Gasteiger partial charge in [0, 0.05) is 17.4 Å². The van der Waals surface area contributed by atoms with Crippen LogP contribution in [-0.4, -0.2) is 20.2 Å². The van der Waals surface area contributed by atoms with Crippen molar-refractivity contribution in [2.24, 2.45) is 0 Å². The van der Waals surface area contributed by atoms with Crippen molar-refractivity contribution in [1.82, 2.24) is 14.5 Å². The summed E-state index contributed by atoms with van der Waals surface area (Å²) in [6.45, 7) is 6.02. The molecule has 7 nitrogen and oxygen atoms in total. The zero-order valence-corrected chi connectivity index (χ0v) is 17.5. The molecule has 0 amide bonds. The van der Waals surface area contributed by atoms with Gasteiger partial charge in [-0.2, -0.15) is 0 Å². The van der Waals surface area contributed by atoms with Crippen LogP contribution in [0.4, 0.5) is 11.6 Å². The highest BCUT2D eigenvalue weighted by molar-refractivity contribution is 6.35. The van der Waals surface area contributed by atoms with Crippen LogP contribution in [0.1, 0.15) is 50.9 Å². The minimum atomic E-state index is -0.0666. The average Bonchev–Trinajstić information content (AvgIpc) is 3.52. The number of aromatic nitrogens is 3.